The Morgan fingerprint density at radius 2 is 0.312 bits per heavy atom. The first kappa shape index (κ1) is 75.2. The van der Waals surface area contributed by atoms with Crippen LogP contribution in [-0.2, 0) is 122 Å². The van der Waals surface area contributed by atoms with E-state index in [0.717, 1.165) is 0 Å². The molecule has 41 heteroatoms. The van der Waals surface area contributed by atoms with E-state index in [1.54, 1.807) is 0 Å². The van der Waals surface area contributed by atoms with Gasteiger partial charge in [-0.2, -0.15) is 0 Å². The minimum atomic E-state index is -3.93. The predicted octanol–water partition coefficient (Wildman–Crippen LogP) is -11.1. The molecule has 0 rings (SSSR count). The van der Waals surface area contributed by atoms with Crippen molar-refractivity contribution in [1.82, 2.24) is 0 Å². The monoisotopic (exact) mass is 1280 g/mol. The Morgan fingerprint density at radius 3 is 0.351 bits per heavy atom. The molecular weight excluding hydrogens is 1250 g/mol. The maximum atomic E-state index is 10.9. The topological polar surface area (TPSA) is 757 Å². The van der Waals surface area contributed by atoms with Crippen molar-refractivity contribution in [3.63, 3.8) is 0 Å². The summed E-state index contributed by atoms with van der Waals surface area (Å²) in [5.41, 5.74) is -21.7. The molecule has 4 atom stereocenters. The zero-order chi connectivity index (χ0) is 62.2. The molecule has 0 fully saturated rings. The van der Waals surface area contributed by atoms with Crippen molar-refractivity contribution in [3.05, 3.63) is 48.6 Å². The summed E-state index contributed by atoms with van der Waals surface area (Å²) in [6.45, 7) is 10.6. The molecule has 0 aliphatic carbocycles. The van der Waals surface area contributed by atoms with E-state index in [0.29, 0.717) is 0 Å². The average molecular weight is 1280 g/mol. The Morgan fingerprint density at radius 1 is 0.234 bits per heavy atom. The summed E-state index contributed by atoms with van der Waals surface area (Å²) in [5.74, 6) is -60.7. The van der Waals surface area contributed by atoms with Gasteiger partial charge in [-0.05, 0) is 22.3 Å². The van der Waals surface area contributed by atoms with Crippen molar-refractivity contribution < 1.29 is 224 Å². The summed E-state index contributed by atoms with van der Waals surface area (Å²) in [6, 6.07) is 0. The molecule has 416 valence electrons. The fourth-order valence-electron chi connectivity index (χ4n) is 5.43. The van der Waals surface area contributed by atoms with Crippen LogP contribution in [0.25, 0.3) is 0 Å². The van der Waals surface area contributed by atoms with Crippen LogP contribution in [0.4, 0.5) is 0 Å². The molecule has 0 aliphatic rings. The van der Waals surface area contributed by atoms with Crippen LogP contribution in [0.3, 0.4) is 0 Å². The fraction of sp³-hybridized carbons (Fsp3) is 0.222. The summed E-state index contributed by atoms with van der Waals surface area (Å²) in [4.78, 5) is 216. The largest absolute Gasteiger partial charge is 4.00 e. The molecule has 0 saturated heterocycles. The van der Waals surface area contributed by atoms with Gasteiger partial charge >= 0.3 is 121 Å². The number of carboxylic acids is 20. The second-order valence-corrected chi connectivity index (χ2v) is 13.2. The molecule has 0 saturated carbocycles. The van der Waals surface area contributed by atoms with Gasteiger partial charge in [0.1, 0.15) is 23.7 Å². The van der Waals surface area contributed by atoms with E-state index in [9.17, 15) is 116 Å². The van der Waals surface area contributed by atoms with Crippen molar-refractivity contribution in [3.8, 4) is 0 Å². The standard InChI is InChI=1S/4C9H8O10.Hf/c4*1-2(4(10)11)3(5(12)13)9(6(14)15,7(16)17)8(18)19;/h4*3H,1H2,(H,10,11)(H,12,13)(H,14,15)(H,16,17)(H,18,19);/q;;;;+4/p-4. The number of rotatable bonds is 28. The number of hydrogen-bond acceptors (Lipinski definition) is 24. The second kappa shape index (κ2) is 28.5. The molecule has 77 heavy (non-hydrogen) atoms. The summed E-state index contributed by atoms with van der Waals surface area (Å²) >= 11 is 0. The maximum absolute atomic E-state index is 10.9. The molecule has 0 aromatic heterocycles. The van der Waals surface area contributed by atoms with Crippen molar-refractivity contribution in [2.24, 2.45) is 45.3 Å². The Labute approximate surface area is 436 Å². The predicted molar refractivity (Wildman–Crippen MR) is 202 cm³/mol. The van der Waals surface area contributed by atoms with E-state index in [2.05, 4.69) is 26.3 Å². The van der Waals surface area contributed by atoms with Crippen molar-refractivity contribution >= 4 is 119 Å². The third kappa shape index (κ3) is 14.7. The molecule has 0 amide bonds. The molecule has 0 aromatic carbocycles. The SMILES string of the molecule is C=C(C(=O)[O-])C(C(=O)O)C(C(=O)O)(C(=O)O)C(=O)O.C=C(C(=O)[O-])C(C(=O)O)C(C(=O)O)(C(=O)O)C(=O)O.C=C(C(=O)[O-])C(C(=O)O)C(C(=O)O)(C(=O)O)C(=O)O.C=C(C(=O)[O-])C(C(=O)O)C(C(=O)O)(C(=O)O)C(=O)O.[Hf+4]. The Kier molecular flexibility index (Phi) is 27.8. The summed E-state index contributed by atoms with van der Waals surface area (Å²) in [5, 5.41) is 182. The number of hydrogen-bond donors (Lipinski definition) is 16. The molecule has 40 nitrogen and oxygen atoms in total. The summed E-state index contributed by atoms with van der Waals surface area (Å²) in [6.07, 6.45) is 0. The maximum Gasteiger partial charge on any atom is 4.00 e. The van der Waals surface area contributed by atoms with Crippen LogP contribution < -0.4 is 20.4 Å². The van der Waals surface area contributed by atoms with Crippen LogP contribution in [-0.4, -0.2) is 201 Å². The molecule has 0 aromatic rings. The summed E-state index contributed by atoms with van der Waals surface area (Å²) < 4.78 is 0. The number of carbonyl (C=O) groups excluding carboxylic acids is 4. The molecule has 4 unspecified atom stereocenters. The van der Waals surface area contributed by atoms with Crippen LogP contribution in [0.2, 0.25) is 0 Å². The van der Waals surface area contributed by atoms with E-state index >= 15 is 0 Å². The van der Waals surface area contributed by atoms with Crippen molar-refractivity contribution in [1.29, 1.82) is 0 Å². The minimum absolute atomic E-state index is 0. The van der Waals surface area contributed by atoms with Crippen LogP contribution >= 0.6 is 0 Å². The van der Waals surface area contributed by atoms with Gasteiger partial charge in [-0.1, -0.05) is 26.3 Å². The molecule has 0 heterocycles. The molecule has 16 N–H and O–H groups in total. The molecule has 0 spiro atoms. The Bertz CT molecular complexity index is 2170. The van der Waals surface area contributed by atoms with Gasteiger partial charge in [0.15, 0.2) is 0 Å². The summed E-state index contributed by atoms with van der Waals surface area (Å²) in [7, 11) is 0. The van der Waals surface area contributed by atoms with E-state index < -0.39 is 187 Å². The molecule has 0 aliphatic heterocycles. The smallest absolute Gasteiger partial charge is 0.545 e. The molecule has 0 bridgehead atoms. The van der Waals surface area contributed by atoms with Gasteiger partial charge in [-0.25, -0.2) is 0 Å². The third-order valence-corrected chi connectivity index (χ3v) is 9.21. The quantitative estimate of drug-likeness (QED) is 0.0196. The van der Waals surface area contributed by atoms with E-state index in [1.165, 1.54) is 0 Å². The first-order valence-corrected chi connectivity index (χ1v) is 17.4. The average Bonchev–Trinajstić information content (AvgIpc) is 3.22. The number of aliphatic carboxylic acids is 20. The molecule has 0 radical (unpaired) electrons. The van der Waals surface area contributed by atoms with Gasteiger partial charge < -0.3 is 121 Å². The first-order valence-electron chi connectivity index (χ1n) is 17.4. The van der Waals surface area contributed by atoms with Crippen molar-refractivity contribution in [2.75, 3.05) is 0 Å². The second-order valence-electron chi connectivity index (χ2n) is 13.2. The minimum Gasteiger partial charge on any atom is -0.545 e. The number of carbonyl (C=O) groups is 20. The normalized spacial score (nSPS) is 12.1. The Hall–Kier alpha value is -10.8. The van der Waals surface area contributed by atoms with Gasteiger partial charge in [0.05, 0.1) is 23.9 Å². The zero-order valence-corrected chi connectivity index (χ0v) is 40.2. The van der Waals surface area contributed by atoms with E-state index in [1.807, 2.05) is 0 Å². The van der Waals surface area contributed by atoms with Crippen LogP contribution in [0.5, 0.6) is 0 Å². The van der Waals surface area contributed by atoms with Gasteiger partial charge in [0, 0.05) is 0 Å². The fourth-order valence-corrected chi connectivity index (χ4v) is 5.43. The first-order chi connectivity index (χ1) is 34.0. The third-order valence-electron chi connectivity index (χ3n) is 9.21. The van der Waals surface area contributed by atoms with Gasteiger partial charge in [0.25, 0.3) is 21.7 Å². The zero-order valence-electron chi connectivity index (χ0n) is 36.6. The van der Waals surface area contributed by atoms with E-state index in [-0.39, 0.29) is 25.8 Å². The van der Waals surface area contributed by atoms with Crippen LogP contribution in [0.15, 0.2) is 48.6 Å². The van der Waals surface area contributed by atoms with Gasteiger partial charge in [-0.15, -0.1) is 0 Å². The van der Waals surface area contributed by atoms with Crippen LogP contribution in [0, 0.1) is 45.3 Å². The van der Waals surface area contributed by atoms with Gasteiger partial charge in [0.2, 0.25) is 0 Å². The van der Waals surface area contributed by atoms with Gasteiger partial charge in [-0.3, -0.25) is 76.7 Å². The number of carboxylic acid groups (broad SMARTS) is 20. The van der Waals surface area contributed by atoms with Crippen LogP contribution in [0.1, 0.15) is 0 Å². The van der Waals surface area contributed by atoms with Crippen molar-refractivity contribution in [2.45, 2.75) is 0 Å². The van der Waals surface area contributed by atoms with E-state index in [4.69, 9.17) is 81.7 Å². The Balaban J connectivity index is -0.000000298. The molecular formula is C36H28HfO40.